The van der Waals surface area contributed by atoms with Crippen molar-refractivity contribution >= 4 is 0 Å². The Labute approximate surface area is 86.5 Å². The number of hydrogen-bond donors (Lipinski definition) is 1. The smallest absolute Gasteiger partial charge is 0.103 e. The predicted molar refractivity (Wildman–Crippen MR) is 57.0 cm³/mol. The minimum absolute atomic E-state index is 0.360. The van der Waals surface area contributed by atoms with E-state index in [-0.39, 0.29) is 0 Å². The van der Waals surface area contributed by atoms with Gasteiger partial charge in [-0.15, -0.1) is 0 Å². The van der Waals surface area contributed by atoms with Gasteiger partial charge in [-0.2, -0.15) is 0 Å². The molecule has 0 aromatic heterocycles. The van der Waals surface area contributed by atoms with Gasteiger partial charge in [-0.25, -0.2) is 4.39 Å². The van der Waals surface area contributed by atoms with E-state index in [9.17, 15) is 4.39 Å². The second-order valence-corrected chi connectivity index (χ2v) is 5.20. The van der Waals surface area contributed by atoms with Crippen LogP contribution in [0.2, 0.25) is 0 Å². The molecule has 0 bridgehead atoms. The highest BCUT2D eigenvalue weighted by Gasteiger charge is 2.34. The third-order valence-electron chi connectivity index (χ3n) is 4.03. The Kier molecular flexibility index (Phi) is 3.42. The molecule has 1 saturated carbocycles. The van der Waals surface area contributed by atoms with Crippen LogP contribution in [-0.4, -0.2) is 19.3 Å². The molecule has 0 radical (unpaired) electrons. The number of halogens is 1. The summed E-state index contributed by atoms with van der Waals surface area (Å²) < 4.78 is 13.9. The van der Waals surface area contributed by atoms with E-state index >= 15 is 0 Å². The molecule has 14 heavy (non-hydrogen) atoms. The molecule has 1 heterocycles. The Morgan fingerprint density at radius 2 is 2.07 bits per heavy atom. The van der Waals surface area contributed by atoms with E-state index in [2.05, 4.69) is 12.2 Å². The van der Waals surface area contributed by atoms with Gasteiger partial charge in [0.05, 0.1) is 0 Å². The highest BCUT2D eigenvalue weighted by Crippen LogP contribution is 2.37. The molecule has 1 saturated heterocycles. The van der Waals surface area contributed by atoms with E-state index in [0.717, 1.165) is 25.9 Å². The van der Waals surface area contributed by atoms with Crippen LogP contribution in [0.5, 0.6) is 0 Å². The lowest BCUT2D eigenvalue weighted by molar-refractivity contribution is 0.0765. The van der Waals surface area contributed by atoms with Crippen LogP contribution in [0.25, 0.3) is 0 Å². The van der Waals surface area contributed by atoms with Gasteiger partial charge in [-0.05, 0) is 56.5 Å². The second kappa shape index (κ2) is 4.61. The Bertz CT molecular complexity index is 177. The highest BCUT2D eigenvalue weighted by molar-refractivity contribution is 4.85. The van der Waals surface area contributed by atoms with Gasteiger partial charge in [0.25, 0.3) is 0 Å². The monoisotopic (exact) mass is 199 g/mol. The maximum atomic E-state index is 13.9. The summed E-state index contributed by atoms with van der Waals surface area (Å²) in [7, 11) is 0. The van der Waals surface area contributed by atoms with Gasteiger partial charge in [-0.3, -0.25) is 0 Å². The van der Waals surface area contributed by atoms with Gasteiger partial charge in [0, 0.05) is 0 Å². The molecule has 0 aromatic carbocycles. The molecule has 0 spiro atoms. The van der Waals surface area contributed by atoms with Crippen LogP contribution in [0.3, 0.4) is 0 Å². The summed E-state index contributed by atoms with van der Waals surface area (Å²) in [6.07, 6.45) is 5.12. The Morgan fingerprint density at radius 1 is 1.21 bits per heavy atom. The molecule has 2 aliphatic rings. The van der Waals surface area contributed by atoms with Crippen LogP contribution in [0.4, 0.5) is 4.39 Å². The largest absolute Gasteiger partial charge is 0.316 e. The topological polar surface area (TPSA) is 12.0 Å². The maximum Gasteiger partial charge on any atom is 0.103 e. The van der Waals surface area contributed by atoms with Crippen molar-refractivity contribution in [2.45, 2.75) is 45.2 Å². The van der Waals surface area contributed by atoms with Crippen molar-refractivity contribution in [3.8, 4) is 0 Å². The SMILES string of the molecule is CC1CCC(C2CCCNC2)C(F)C1. The van der Waals surface area contributed by atoms with Crippen LogP contribution < -0.4 is 5.32 Å². The molecule has 1 aliphatic heterocycles. The second-order valence-electron chi connectivity index (χ2n) is 5.20. The molecule has 0 amide bonds. The number of nitrogens with one attached hydrogen (secondary N) is 1. The first-order valence-corrected chi connectivity index (χ1v) is 6.12. The van der Waals surface area contributed by atoms with Crippen LogP contribution in [0.1, 0.15) is 39.0 Å². The van der Waals surface area contributed by atoms with Crippen molar-refractivity contribution in [2.75, 3.05) is 13.1 Å². The summed E-state index contributed by atoms with van der Waals surface area (Å²) >= 11 is 0. The minimum Gasteiger partial charge on any atom is -0.316 e. The number of rotatable bonds is 1. The standard InChI is InChI=1S/C12H22FN/c1-9-4-5-11(12(13)7-9)10-3-2-6-14-8-10/h9-12,14H,2-8H2,1H3. The first-order chi connectivity index (χ1) is 6.77. The molecule has 4 unspecified atom stereocenters. The lowest BCUT2D eigenvalue weighted by Gasteiger charge is -2.37. The van der Waals surface area contributed by atoms with Gasteiger partial charge in [-0.1, -0.05) is 13.3 Å². The van der Waals surface area contributed by atoms with E-state index in [1.54, 1.807) is 0 Å². The zero-order valence-corrected chi connectivity index (χ0v) is 9.14. The summed E-state index contributed by atoms with van der Waals surface area (Å²) in [6, 6.07) is 0. The van der Waals surface area contributed by atoms with Gasteiger partial charge >= 0.3 is 0 Å². The molecule has 4 atom stereocenters. The summed E-state index contributed by atoms with van der Waals surface area (Å²) in [5.74, 6) is 1.59. The van der Waals surface area contributed by atoms with E-state index in [1.807, 2.05) is 0 Å². The zero-order chi connectivity index (χ0) is 9.97. The van der Waals surface area contributed by atoms with E-state index in [1.165, 1.54) is 19.3 Å². The Balaban J connectivity index is 1.89. The van der Waals surface area contributed by atoms with Gasteiger partial charge < -0.3 is 5.32 Å². The molecule has 2 fully saturated rings. The Hall–Kier alpha value is -0.110. The fourth-order valence-electron chi connectivity index (χ4n) is 3.11. The normalized spacial score (nSPS) is 45.0. The van der Waals surface area contributed by atoms with Gasteiger partial charge in [0.15, 0.2) is 0 Å². The van der Waals surface area contributed by atoms with Crippen LogP contribution in [0.15, 0.2) is 0 Å². The lowest BCUT2D eigenvalue weighted by Crippen LogP contribution is -2.39. The van der Waals surface area contributed by atoms with Crippen molar-refractivity contribution in [2.24, 2.45) is 17.8 Å². The number of piperidine rings is 1. The number of alkyl halides is 1. The molecule has 1 N–H and O–H groups in total. The molecule has 2 rings (SSSR count). The molecule has 0 aromatic rings. The molecule has 2 heteroatoms. The third kappa shape index (κ3) is 2.28. The van der Waals surface area contributed by atoms with E-state index in [4.69, 9.17) is 0 Å². The van der Waals surface area contributed by atoms with Crippen LogP contribution in [-0.2, 0) is 0 Å². The van der Waals surface area contributed by atoms with Crippen LogP contribution in [0, 0.1) is 17.8 Å². The Morgan fingerprint density at radius 3 is 2.71 bits per heavy atom. The first-order valence-electron chi connectivity index (χ1n) is 6.12. The third-order valence-corrected chi connectivity index (χ3v) is 4.03. The van der Waals surface area contributed by atoms with Crippen molar-refractivity contribution in [3.05, 3.63) is 0 Å². The van der Waals surface area contributed by atoms with E-state index in [0.29, 0.717) is 17.8 Å². The van der Waals surface area contributed by atoms with Gasteiger partial charge in [0.2, 0.25) is 0 Å². The van der Waals surface area contributed by atoms with Crippen molar-refractivity contribution < 1.29 is 4.39 Å². The molecule has 1 aliphatic carbocycles. The van der Waals surface area contributed by atoms with Crippen LogP contribution >= 0.6 is 0 Å². The molecular weight excluding hydrogens is 177 g/mol. The van der Waals surface area contributed by atoms with Crippen molar-refractivity contribution in [3.63, 3.8) is 0 Å². The van der Waals surface area contributed by atoms with Crippen molar-refractivity contribution in [1.29, 1.82) is 0 Å². The average molecular weight is 199 g/mol. The maximum absolute atomic E-state index is 13.9. The molecular formula is C12H22FN. The summed E-state index contributed by atoms with van der Waals surface area (Å²) in [5.41, 5.74) is 0. The minimum atomic E-state index is -0.524. The fraction of sp³-hybridized carbons (Fsp3) is 1.00. The summed E-state index contributed by atoms with van der Waals surface area (Å²) in [4.78, 5) is 0. The van der Waals surface area contributed by atoms with E-state index < -0.39 is 6.17 Å². The number of hydrogen-bond acceptors (Lipinski definition) is 1. The molecule has 1 nitrogen and oxygen atoms in total. The highest BCUT2D eigenvalue weighted by atomic mass is 19.1. The fourth-order valence-corrected chi connectivity index (χ4v) is 3.11. The quantitative estimate of drug-likeness (QED) is 0.684. The van der Waals surface area contributed by atoms with Crippen molar-refractivity contribution in [1.82, 2.24) is 5.32 Å². The first kappa shape index (κ1) is 10.4. The summed E-state index contributed by atoms with van der Waals surface area (Å²) in [5, 5.41) is 3.40. The summed E-state index contributed by atoms with van der Waals surface area (Å²) in [6.45, 7) is 4.37. The predicted octanol–water partition coefficient (Wildman–Crippen LogP) is 2.76. The van der Waals surface area contributed by atoms with Gasteiger partial charge in [0.1, 0.15) is 6.17 Å². The average Bonchev–Trinajstić information content (AvgIpc) is 2.19. The molecule has 82 valence electrons. The zero-order valence-electron chi connectivity index (χ0n) is 9.14. The lowest BCUT2D eigenvalue weighted by atomic mass is 9.73.